The molecule has 0 spiro atoms. The first-order chi connectivity index (χ1) is 12.3. The third kappa shape index (κ3) is 4.93. The predicted molar refractivity (Wildman–Crippen MR) is 96.9 cm³/mol. The van der Waals surface area contributed by atoms with Crippen molar-refractivity contribution in [1.82, 2.24) is 5.43 Å². The number of rotatable bonds is 6. The van der Waals surface area contributed by atoms with Gasteiger partial charge in [-0.25, -0.2) is 5.43 Å². The second kappa shape index (κ2) is 8.30. The zero-order chi connectivity index (χ0) is 19.3. The standard InChI is InChI=1S/C17H16ClN3O5/c1-10-5-14(6-11(2)17(10)18)26-9-16(23)20-19-8-12-7-13(22)3-4-15(12)21(24)25/h3-8,22H,9H2,1-2H3,(H,20,23). The molecule has 0 aliphatic carbocycles. The summed E-state index contributed by atoms with van der Waals surface area (Å²) in [6, 6.07) is 6.93. The number of hydrogen-bond acceptors (Lipinski definition) is 6. The van der Waals surface area contributed by atoms with Crippen LogP contribution in [0.25, 0.3) is 0 Å². The topological polar surface area (TPSA) is 114 Å². The molecule has 0 aromatic heterocycles. The highest BCUT2D eigenvalue weighted by Gasteiger charge is 2.12. The Hall–Kier alpha value is -3.13. The van der Waals surface area contributed by atoms with E-state index in [9.17, 15) is 20.0 Å². The lowest BCUT2D eigenvalue weighted by atomic mass is 10.1. The summed E-state index contributed by atoms with van der Waals surface area (Å²) < 4.78 is 5.38. The van der Waals surface area contributed by atoms with E-state index in [-0.39, 0.29) is 23.6 Å². The van der Waals surface area contributed by atoms with Crippen LogP contribution in [0.3, 0.4) is 0 Å². The van der Waals surface area contributed by atoms with Crippen LogP contribution in [0.5, 0.6) is 11.5 Å². The van der Waals surface area contributed by atoms with Crippen molar-refractivity contribution in [2.45, 2.75) is 13.8 Å². The van der Waals surface area contributed by atoms with E-state index in [0.29, 0.717) is 10.8 Å². The van der Waals surface area contributed by atoms with Gasteiger partial charge in [-0.15, -0.1) is 0 Å². The molecule has 0 unspecified atom stereocenters. The molecular formula is C17H16ClN3O5. The highest BCUT2D eigenvalue weighted by Crippen LogP contribution is 2.25. The average molecular weight is 378 g/mol. The van der Waals surface area contributed by atoms with Crippen LogP contribution in [0.15, 0.2) is 35.4 Å². The first-order valence-corrected chi connectivity index (χ1v) is 7.84. The molecule has 8 nitrogen and oxygen atoms in total. The van der Waals surface area contributed by atoms with Crippen LogP contribution >= 0.6 is 11.6 Å². The summed E-state index contributed by atoms with van der Waals surface area (Å²) in [4.78, 5) is 22.1. The Bertz CT molecular complexity index is 860. The normalized spacial score (nSPS) is 10.7. The first kappa shape index (κ1) is 19.2. The van der Waals surface area contributed by atoms with Crippen molar-refractivity contribution >= 4 is 29.4 Å². The zero-order valence-electron chi connectivity index (χ0n) is 14.0. The van der Waals surface area contributed by atoms with Crippen molar-refractivity contribution in [2.75, 3.05) is 6.61 Å². The van der Waals surface area contributed by atoms with E-state index < -0.39 is 10.8 Å². The van der Waals surface area contributed by atoms with Crippen LogP contribution in [0.2, 0.25) is 5.02 Å². The highest BCUT2D eigenvalue weighted by atomic mass is 35.5. The number of hydrazone groups is 1. The number of hydrogen-bond donors (Lipinski definition) is 2. The average Bonchev–Trinajstić information content (AvgIpc) is 2.57. The SMILES string of the molecule is Cc1cc(OCC(=O)NN=Cc2cc(O)ccc2[N+](=O)[O-])cc(C)c1Cl. The van der Waals surface area contributed by atoms with E-state index in [1.54, 1.807) is 12.1 Å². The lowest BCUT2D eigenvalue weighted by Gasteiger charge is -2.09. The van der Waals surface area contributed by atoms with Gasteiger partial charge in [0, 0.05) is 11.1 Å². The number of nitrogens with one attached hydrogen (secondary N) is 1. The summed E-state index contributed by atoms with van der Waals surface area (Å²) in [5.41, 5.74) is 3.67. The van der Waals surface area contributed by atoms with Gasteiger partial charge in [0.15, 0.2) is 6.61 Å². The van der Waals surface area contributed by atoms with E-state index in [1.165, 1.54) is 12.1 Å². The second-order valence-corrected chi connectivity index (χ2v) is 5.83. The van der Waals surface area contributed by atoms with Gasteiger partial charge in [-0.2, -0.15) is 5.10 Å². The van der Waals surface area contributed by atoms with Crippen molar-refractivity contribution in [3.63, 3.8) is 0 Å². The molecule has 26 heavy (non-hydrogen) atoms. The van der Waals surface area contributed by atoms with Crippen LogP contribution in [0.1, 0.15) is 16.7 Å². The fourth-order valence-electron chi connectivity index (χ4n) is 2.16. The van der Waals surface area contributed by atoms with Gasteiger partial charge in [-0.1, -0.05) is 11.6 Å². The fourth-order valence-corrected chi connectivity index (χ4v) is 2.27. The number of carbonyl (C=O) groups is 1. The van der Waals surface area contributed by atoms with Gasteiger partial charge in [0.2, 0.25) is 0 Å². The molecule has 0 fully saturated rings. The monoisotopic (exact) mass is 377 g/mol. The van der Waals surface area contributed by atoms with Crippen LogP contribution in [-0.2, 0) is 4.79 Å². The number of phenolic OH excluding ortho intramolecular Hbond substituents is 1. The molecule has 0 aliphatic rings. The smallest absolute Gasteiger partial charge is 0.278 e. The Balaban J connectivity index is 1.96. The molecule has 2 aromatic carbocycles. The van der Waals surface area contributed by atoms with Crippen molar-refractivity contribution in [3.8, 4) is 11.5 Å². The Kier molecular flexibility index (Phi) is 6.13. The van der Waals surface area contributed by atoms with Crippen molar-refractivity contribution in [2.24, 2.45) is 5.10 Å². The Morgan fingerprint density at radius 2 is 2.00 bits per heavy atom. The third-order valence-electron chi connectivity index (χ3n) is 3.38. The molecule has 0 bridgehead atoms. The van der Waals surface area contributed by atoms with Crippen LogP contribution in [0, 0.1) is 24.0 Å². The number of aromatic hydroxyl groups is 1. The summed E-state index contributed by atoms with van der Waals surface area (Å²) in [5, 5.41) is 24.6. The van der Waals surface area contributed by atoms with E-state index >= 15 is 0 Å². The number of halogens is 1. The Morgan fingerprint density at radius 1 is 1.35 bits per heavy atom. The maximum Gasteiger partial charge on any atom is 0.278 e. The lowest BCUT2D eigenvalue weighted by molar-refractivity contribution is -0.385. The van der Waals surface area contributed by atoms with Gasteiger partial charge >= 0.3 is 0 Å². The molecule has 0 aliphatic heterocycles. The highest BCUT2D eigenvalue weighted by molar-refractivity contribution is 6.32. The summed E-state index contributed by atoms with van der Waals surface area (Å²) in [6.45, 7) is 3.36. The fraction of sp³-hybridized carbons (Fsp3) is 0.176. The molecule has 9 heteroatoms. The number of benzene rings is 2. The van der Waals surface area contributed by atoms with Gasteiger partial charge in [0.1, 0.15) is 11.5 Å². The second-order valence-electron chi connectivity index (χ2n) is 5.45. The van der Waals surface area contributed by atoms with Crippen molar-refractivity contribution in [1.29, 1.82) is 0 Å². The molecule has 0 saturated carbocycles. The summed E-state index contributed by atoms with van der Waals surface area (Å²) >= 11 is 6.07. The van der Waals surface area contributed by atoms with Gasteiger partial charge in [-0.05, 0) is 49.2 Å². The molecule has 2 aromatic rings. The van der Waals surface area contributed by atoms with Gasteiger partial charge in [0.25, 0.3) is 11.6 Å². The quantitative estimate of drug-likeness (QED) is 0.456. The minimum absolute atomic E-state index is 0.0557. The molecule has 0 atom stereocenters. The Labute approximate surface area is 154 Å². The number of amides is 1. The molecule has 2 rings (SSSR count). The number of nitro groups is 1. The van der Waals surface area contributed by atoms with Gasteiger partial charge in [0.05, 0.1) is 16.7 Å². The van der Waals surface area contributed by atoms with Crippen LogP contribution in [0.4, 0.5) is 5.69 Å². The van der Waals surface area contributed by atoms with Crippen LogP contribution in [-0.4, -0.2) is 28.8 Å². The number of nitro benzene ring substituents is 1. The van der Waals surface area contributed by atoms with Gasteiger partial charge < -0.3 is 9.84 Å². The number of nitrogens with zero attached hydrogens (tertiary/aromatic N) is 2. The maximum atomic E-state index is 11.8. The summed E-state index contributed by atoms with van der Waals surface area (Å²) in [5.74, 6) is -0.207. The minimum Gasteiger partial charge on any atom is -0.508 e. The van der Waals surface area contributed by atoms with Gasteiger partial charge in [-0.3, -0.25) is 14.9 Å². The summed E-state index contributed by atoms with van der Waals surface area (Å²) in [7, 11) is 0. The first-order valence-electron chi connectivity index (χ1n) is 7.47. The van der Waals surface area contributed by atoms with E-state index in [2.05, 4.69) is 10.5 Å². The number of ether oxygens (including phenoxy) is 1. The van der Waals surface area contributed by atoms with E-state index in [4.69, 9.17) is 16.3 Å². The molecule has 136 valence electrons. The molecule has 2 N–H and O–H groups in total. The zero-order valence-corrected chi connectivity index (χ0v) is 14.8. The molecular weight excluding hydrogens is 362 g/mol. The Morgan fingerprint density at radius 3 is 2.62 bits per heavy atom. The molecule has 0 heterocycles. The van der Waals surface area contributed by atoms with Crippen molar-refractivity contribution < 1.29 is 19.6 Å². The van der Waals surface area contributed by atoms with E-state index in [1.807, 2.05) is 13.8 Å². The molecule has 0 saturated heterocycles. The van der Waals surface area contributed by atoms with E-state index in [0.717, 1.165) is 23.4 Å². The number of phenols is 1. The van der Waals surface area contributed by atoms with Crippen molar-refractivity contribution in [3.05, 3.63) is 62.2 Å². The minimum atomic E-state index is -0.614. The maximum absolute atomic E-state index is 11.8. The third-order valence-corrected chi connectivity index (χ3v) is 3.98. The largest absolute Gasteiger partial charge is 0.508 e. The number of carbonyl (C=O) groups excluding carboxylic acids is 1. The number of aryl methyl sites for hydroxylation is 2. The summed E-state index contributed by atoms with van der Waals surface area (Å²) in [6.07, 6.45) is 1.08. The molecule has 1 amide bonds. The molecule has 0 radical (unpaired) electrons. The predicted octanol–water partition coefficient (Wildman–Crippen LogP) is 3.10. The lowest BCUT2D eigenvalue weighted by Crippen LogP contribution is -2.24. The van der Waals surface area contributed by atoms with Crippen LogP contribution < -0.4 is 10.2 Å².